The summed E-state index contributed by atoms with van der Waals surface area (Å²) in [7, 11) is 0. The van der Waals surface area contributed by atoms with Crippen molar-refractivity contribution in [3.05, 3.63) is 57.0 Å². The van der Waals surface area contributed by atoms with E-state index in [1.165, 1.54) is 28.7 Å². The Bertz CT molecular complexity index is 1390. The molecule has 5 rings (SSSR count). The monoisotopic (exact) mass is 452 g/mol. The second-order valence-corrected chi connectivity index (χ2v) is 9.49. The summed E-state index contributed by atoms with van der Waals surface area (Å²) >= 11 is 2.88. The number of benzene rings is 1. The Balaban J connectivity index is 1.47. The summed E-state index contributed by atoms with van der Waals surface area (Å²) in [5, 5.41) is 10.8. The summed E-state index contributed by atoms with van der Waals surface area (Å²) in [6.07, 6.45) is 1.75. The highest BCUT2D eigenvalue weighted by atomic mass is 32.2. The van der Waals surface area contributed by atoms with Crippen molar-refractivity contribution in [1.82, 2.24) is 24.3 Å². The van der Waals surface area contributed by atoms with Gasteiger partial charge < -0.3 is 5.32 Å². The lowest BCUT2D eigenvalue weighted by Crippen LogP contribution is -2.27. The van der Waals surface area contributed by atoms with Gasteiger partial charge in [0.1, 0.15) is 5.39 Å². The van der Waals surface area contributed by atoms with E-state index in [1.54, 1.807) is 15.4 Å². The fourth-order valence-electron chi connectivity index (χ4n) is 3.62. The standard InChI is InChI=1S/C21H20N6O2S2/c1-11-4-5-14(6-12(11)2)27-18-16(8-22-27)19(29)26-15(10-31-21(26)25-18)7-17(28)24-20-23-13(3)9-30-20/h4-6,8-9,15H,7,10H2,1-3H3,(H,23,24,28). The number of hydrogen-bond donors (Lipinski definition) is 1. The van der Waals surface area contributed by atoms with Crippen LogP contribution in [0.1, 0.15) is 29.3 Å². The van der Waals surface area contributed by atoms with Crippen molar-refractivity contribution in [2.24, 2.45) is 0 Å². The first-order chi connectivity index (χ1) is 14.9. The SMILES string of the molecule is Cc1csc(NC(=O)CC2CSc3nc4c(cnn4-c4ccc(C)c(C)c4)c(=O)n32)n1. The molecule has 3 aromatic heterocycles. The fourth-order valence-corrected chi connectivity index (χ4v) is 5.46. The Hall–Kier alpha value is -2.98. The van der Waals surface area contributed by atoms with Gasteiger partial charge in [-0.2, -0.15) is 5.10 Å². The van der Waals surface area contributed by atoms with Crippen LogP contribution in [0.3, 0.4) is 0 Å². The molecule has 0 aliphatic carbocycles. The van der Waals surface area contributed by atoms with Crippen LogP contribution >= 0.6 is 23.1 Å². The van der Waals surface area contributed by atoms with E-state index in [4.69, 9.17) is 4.98 Å². The molecule has 1 amide bonds. The van der Waals surface area contributed by atoms with Crippen molar-refractivity contribution in [3.8, 4) is 5.69 Å². The van der Waals surface area contributed by atoms with Crippen LogP contribution in [0.2, 0.25) is 0 Å². The lowest BCUT2D eigenvalue weighted by atomic mass is 10.1. The van der Waals surface area contributed by atoms with E-state index < -0.39 is 0 Å². The van der Waals surface area contributed by atoms with Gasteiger partial charge in [-0.05, 0) is 44.0 Å². The Morgan fingerprint density at radius 1 is 1.23 bits per heavy atom. The van der Waals surface area contributed by atoms with Crippen molar-refractivity contribution in [2.75, 3.05) is 11.1 Å². The zero-order chi connectivity index (χ0) is 21.7. The zero-order valence-electron chi connectivity index (χ0n) is 17.2. The third-order valence-corrected chi connectivity index (χ3v) is 7.37. The van der Waals surface area contributed by atoms with Crippen LogP contribution in [0, 0.1) is 20.8 Å². The summed E-state index contributed by atoms with van der Waals surface area (Å²) in [6, 6.07) is 5.79. The molecule has 0 radical (unpaired) electrons. The van der Waals surface area contributed by atoms with Crippen molar-refractivity contribution in [1.29, 1.82) is 0 Å². The van der Waals surface area contributed by atoms with Crippen molar-refractivity contribution in [2.45, 2.75) is 38.4 Å². The lowest BCUT2D eigenvalue weighted by Gasteiger charge is -2.13. The first-order valence-corrected chi connectivity index (χ1v) is 11.7. The Kier molecular flexibility index (Phi) is 4.90. The van der Waals surface area contributed by atoms with Gasteiger partial charge in [0.05, 0.1) is 23.6 Å². The van der Waals surface area contributed by atoms with Crippen molar-refractivity contribution in [3.63, 3.8) is 0 Å². The molecule has 1 aliphatic rings. The molecule has 1 atom stereocenters. The quantitative estimate of drug-likeness (QED) is 0.475. The van der Waals surface area contributed by atoms with Crippen LogP contribution in [0.4, 0.5) is 5.13 Å². The van der Waals surface area contributed by atoms with E-state index in [1.807, 2.05) is 37.4 Å². The maximum Gasteiger partial charge on any atom is 0.265 e. The predicted octanol–water partition coefficient (Wildman–Crippen LogP) is 3.64. The molecule has 158 valence electrons. The molecule has 1 N–H and O–H groups in total. The van der Waals surface area contributed by atoms with E-state index in [2.05, 4.69) is 22.3 Å². The molecule has 0 bridgehead atoms. The Labute approximate surface area is 186 Å². The average molecular weight is 453 g/mol. The fraction of sp³-hybridized carbons (Fsp3) is 0.286. The van der Waals surface area contributed by atoms with E-state index >= 15 is 0 Å². The molecule has 1 unspecified atom stereocenters. The van der Waals surface area contributed by atoms with Crippen LogP contribution < -0.4 is 10.9 Å². The van der Waals surface area contributed by atoms with Gasteiger partial charge in [0.2, 0.25) is 5.91 Å². The van der Waals surface area contributed by atoms with Gasteiger partial charge in [-0.15, -0.1) is 11.3 Å². The maximum absolute atomic E-state index is 13.3. The normalized spacial score (nSPS) is 15.4. The number of hydrogen-bond acceptors (Lipinski definition) is 7. The molecule has 1 aliphatic heterocycles. The van der Waals surface area contributed by atoms with Crippen LogP contribution in [0.5, 0.6) is 0 Å². The number of aromatic nitrogens is 5. The second kappa shape index (κ2) is 7.61. The highest BCUT2D eigenvalue weighted by Crippen LogP contribution is 2.33. The van der Waals surface area contributed by atoms with Gasteiger partial charge in [-0.3, -0.25) is 14.2 Å². The summed E-state index contributed by atoms with van der Waals surface area (Å²) < 4.78 is 3.33. The average Bonchev–Trinajstić information content (AvgIpc) is 3.44. The third kappa shape index (κ3) is 3.55. The Morgan fingerprint density at radius 2 is 2.06 bits per heavy atom. The minimum Gasteiger partial charge on any atom is -0.302 e. The van der Waals surface area contributed by atoms with Gasteiger partial charge >= 0.3 is 0 Å². The minimum absolute atomic E-state index is 0.161. The van der Waals surface area contributed by atoms with Crippen molar-refractivity contribution < 1.29 is 4.79 Å². The number of carbonyl (C=O) groups excluding carboxylic acids is 1. The Morgan fingerprint density at radius 3 is 2.81 bits per heavy atom. The van der Waals surface area contributed by atoms with Gasteiger partial charge in [-0.25, -0.2) is 14.6 Å². The third-order valence-electron chi connectivity index (χ3n) is 5.39. The van der Waals surface area contributed by atoms with Gasteiger partial charge in [0.25, 0.3) is 5.56 Å². The molecular formula is C21H20N6O2S2. The first-order valence-electron chi connectivity index (χ1n) is 9.83. The van der Waals surface area contributed by atoms with Gasteiger partial charge in [-0.1, -0.05) is 17.8 Å². The zero-order valence-corrected chi connectivity index (χ0v) is 18.9. The molecule has 10 heteroatoms. The molecule has 1 aromatic carbocycles. The molecule has 8 nitrogen and oxygen atoms in total. The van der Waals surface area contributed by atoms with Crippen LogP contribution in [0.15, 0.2) is 39.7 Å². The number of rotatable bonds is 4. The number of thiazole rings is 1. The highest BCUT2D eigenvalue weighted by molar-refractivity contribution is 7.99. The number of aryl methyl sites for hydroxylation is 3. The second-order valence-electron chi connectivity index (χ2n) is 7.64. The minimum atomic E-state index is -0.254. The first kappa shape index (κ1) is 20.0. The van der Waals surface area contributed by atoms with Gasteiger partial charge in [0, 0.05) is 17.6 Å². The van der Waals surface area contributed by atoms with Crippen LogP contribution in [-0.2, 0) is 4.79 Å². The number of amides is 1. The summed E-state index contributed by atoms with van der Waals surface area (Å²) in [6.45, 7) is 5.98. The molecule has 4 aromatic rings. The number of nitrogens with zero attached hydrogens (tertiary/aromatic N) is 5. The predicted molar refractivity (Wildman–Crippen MR) is 122 cm³/mol. The number of fused-ring (bicyclic) bond motifs is 2. The summed E-state index contributed by atoms with van der Waals surface area (Å²) in [4.78, 5) is 34.8. The van der Waals surface area contributed by atoms with Gasteiger partial charge in [0.15, 0.2) is 15.9 Å². The highest BCUT2D eigenvalue weighted by Gasteiger charge is 2.29. The molecular weight excluding hydrogens is 432 g/mol. The molecule has 0 spiro atoms. The molecule has 0 fully saturated rings. The molecule has 4 heterocycles. The van der Waals surface area contributed by atoms with E-state index in [9.17, 15) is 9.59 Å². The topological polar surface area (TPSA) is 94.7 Å². The smallest absolute Gasteiger partial charge is 0.265 e. The largest absolute Gasteiger partial charge is 0.302 e. The summed E-state index contributed by atoms with van der Waals surface area (Å²) in [5.74, 6) is 0.460. The number of anilines is 1. The number of carbonyl (C=O) groups is 1. The van der Waals surface area contributed by atoms with Crippen LogP contribution in [-0.4, -0.2) is 36.0 Å². The maximum atomic E-state index is 13.3. The number of nitrogens with one attached hydrogen (secondary N) is 1. The van der Waals surface area contributed by atoms with Crippen molar-refractivity contribution >= 4 is 45.2 Å². The number of thioether (sulfide) groups is 1. The van der Waals surface area contributed by atoms with E-state index in [-0.39, 0.29) is 23.9 Å². The molecule has 0 saturated carbocycles. The molecule has 31 heavy (non-hydrogen) atoms. The summed E-state index contributed by atoms with van der Waals surface area (Å²) in [5.41, 5.74) is 4.45. The lowest BCUT2D eigenvalue weighted by molar-refractivity contribution is -0.116. The van der Waals surface area contributed by atoms with E-state index in [0.717, 1.165) is 16.9 Å². The van der Waals surface area contributed by atoms with E-state index in [0.29, 0.717) is 27.1 Å². The molecule has 0 saturated heterocycles. The van der Waals surface area contributed by atoms with Crippen LogP contribution in [0.25, 0.3) is 16.7 Å².